The highest BCUT2D eigenvalue weighted by atomic mass is 16.5. The van der Waals surface area contributed by atoms with E-state index in [2.05, 4.69) is 5.32 Å². The molecule has 0 radical (unpaired) electrons. The Bertz CT molecular complexity index is 689. The van der Waals surface area contributed by atoms with Gasteiger partial charge >= 0.3 is 0 Å². The molecule has 120 valence electrons. The number of ether oxygens (including phenoxy) is 1. The lowest BCUT2D eigenvalue weighted by Gasteiger charge is -2.31. The molecule has 0 saturated heterocycles. The van der Waals surface area contributed by atoms with E-state index in [1.807, 2.05) is 24.3 Å². The number of anilines is 1. The van der Waals surface area contributed by atoms with Crippen molar-refractivity contribution in [2.24, 2.45) is 0 Å². The van der Waals surface area contributed by atoms with Crippen molar-refractivity contribution in [3.05, 3.63) is 59.7 Å². The van der Waals surface area contributed by atoms with Gasteiger partial charge in [0, 0.05) is 11.3 Å². The van der Waals surface area contributed by atoms with E-state index in [0.717, 1.165) is 37.0 Å². The highest BCUT2D eigenvalue weighted by molar-refractivity contribution is 5.95. The quantitative estimate of drug-likeness (QED) is 0.850. The number of amides is 1. The summed E-state index contributed by atoms with van der Waals surface area (Å²) >= 11 is 0. The second-order valence-electron chi connectivity index (χ2n) is 6.10. The molecule has 0 bridgehead atoms. The number of carbonyl (C=O) groups excluding carboxylic acids is 1. The van der Waals surface area contributed by atoms with Gasteiger partial charge in [-0.25, -0.2) is 0 Å². The molecule has 4 nitrogen and oxygen atoms in total. The van der Waals surface area contributed by atoms with Crippen LogP contribution in [0.5, 0.6) is 5.75 Å². The zero-order valence-corrected chi connectivity index (χ0v) is 13.3. The van der Waals surface area contributed by atoms with E-state index in [0.29, 0.717) is 11.3 Å². The molecule has 0 aliphatic heterocycles. The molecular weight excluding hydrogens is 288 g/mol. The zero-order valence-electron chi connectivity index (χ0n) is 13.3. The summed E-state index contributed by atoms with van der Waals surface area (Å²) < 4.78 is 5.23. The third kappa shape index (κ3) is 3.16. The van der Waals surface area contributed by atoms with Gasteiger partial charge in [-0.1, -0.05) is 31.0 Å². The molecule has 23 heavy (non-hydrogen) atoms. The molecule has 3 rings (SSSR count). The standard InChI is InChI=1S/C19H22N2O2/c1-23-17-9-7-15(8-10-17)19(11-2-3-12-19)21-18(22)14-5-4-6-16(20)13-14/h4-10,13H,2-3,11-12,20H2,1H3,(H,21,22). The van der Waals surface area contributed by atoms with Gasteiger partial charge in [-0.3, -0.25) is 4.79 Å². The zero-order chi connectivity index (χ0) is 16.3. The van der Waals surface area contributed by atoms with Crippen LogP contribution in [-0.2, 0) is 5.54 Å². The molecule has 2 aromatic carbocycles. The Morgan fingerprint density at radius 2 is 1.83 bits per heavy atom. The van der Waals surface area contributed by atoms with Crippen molar-refractivity contribution in [3.63, 3.8) is 0 Å². The summed E-state index contributed by atoms with van der Waals surface area (Å²) in [5, 5.41) is 3.25. The third-order valence-electron chi connectivity index (χ3n) is 4.60. The van der Waals surface area contributed by atoms with Crippen molar-refractivity contribution in [1.82, 2.24) is 5.32 Å². The van der Waals surface area contributed by atoms with Crippen LogP contribution in [0.4, 0.5) is 5.69 Å². The fourth-order valence-corrected chi connectivity index (χ4v) is 3.34. The SMILES string of the molecule is COc1ccc(C2(NC(=O)c3cccc(N)c3)CCCC2)cc1. The minimum atomic E-state index is -0.298. The first-order chi connectivity index (χ1) is 11.1. The molecular formula is C19H22N2O2. The smallest absolute Gasteiger partial charge is 0.252 e. The Labute approximate surface area is 136 Å². The van der Waals surface area contributed by atoms with Crippen molar-refractivity contribution in [3.8, 4) is 5.75 Å². The molecule has 0 spiro atoms. The lowest BCUT2D eigenvalue weighted by atomic mass is 9.87. The normalized spacial score (nSPS) is 16.0. The molecule has 0 heterocycles. The van der Waals surface area contributed by atoms with Crippen LogP contribution in [0.3, 0.4) is 0 Å². The summed E-state index contributed by atoms with van der Waals surface area (Å²) in [5.41, 5.74) is 7.82. The molecule has 1 amide bonds. The van der Waals surface area contributed by atoms with Crippen molar-refractivity contribution in [1.29, 1.82) is 0 Å². The number of nitrogen functional groups attached to an aromatic ring is 1. The topological polar surface area (TPSA) is 64.3 Å². The number of hydrogen-bond acceptors (Lipinski definition) is 3. The number of nitrogens with two attached hydrogens (primary N) is 1. The Morgan fingerprint density at radius 1 is 1.13 bits per heavy atom. The van der Waals surface area contributed by atoms with Gasteiger partial charge in [0.1, 0.15) is 5.75 Å². The van der Waals surface area contributed by atoms with E-state index < -0.39 is 0 Å². The number of carbonyl (C=O) groups is 1. The second kappa shape index (κ2) is 6.32. The maximum absolute atomic E-state index is 12.7. The molecule has 4 heteroatoms. The van der Waals surface area contributed by atoms with E-state index in [1.54, 1.807) is 31.4 Å². The van der Waals surface area contributed by atoms with Crippen molar-refractivity contribution in [2.45, 2.75) is 31.2 Å². The molecule has 0 atom stereocenters. The number of benzene rings is 2. The predicted molar refractivity (Wildman–Crippen MR) is 91.5 cm³/mol. The average Bonchev–Trinajstić information content (AvgIpc) is 3.04. The fourth-order valence-electron chi connectivity index (χ4n) is 3.34. The number of nitrogens with one attached hydrogen (secondary N) is 1. The highest BCUT2D eigenvalue weighted by Gasteiger charge is 2.37. The first-order valence-corrected chi connectivity index (χ1v) is 7.96. The minimum Gasteiger partial charge on any atom is -0.497 e. The van der Waals surface area contributed by atoms with Crippen LogP contribution in [0.2, 0.25) is 0 Å². The van der Waals surface area contributed by atoms with Gasteiger partial charge in [0.2, 0.25) is 0 Å². The molecule has 1 aliphatic carbocycles. The monoisotopic (exact) mass is 310 g/mol. The van der Waals surface area contributed by atoms with E-state index in [-0.39, 0.29) is 11.4 Å². The largest absolute Gasteiger partial charge is 0.497 e. The Morgan fingerprint density at radius 3 is 2.43 bits per heavy atom. The summed E-state index contributed by atoms with van der Waals surface area (Å²) in [4.78, 5) is 12.7. The van der Waals surface area contributed by atoms with Gasteiger partial charge in [-0.15, -0.1) is 0 Å². The van der Waals surface area contributed by atoms with Crippen molar-refractivity contribution >= 4 is 11.6 Å². The lowest BCUT2D eigenvalue weighted by Crippen LogP contribution is -2.43. The van der Waals surface area contributed by atoms with E-state index >= 15 is 0 Å². The van der Waals surface area contributed by atoms with Gasteiger partial charge in [0.05, 0.1) is 12.6 Å². The average molecular weight is 310 g/mol. The summed E-state index contributed by atoms with van der Waals surface area (Å²) in [7, 11) is 1.65. The first-order valence-electron chi connectivity index (χ1n) is 7.96. The van der Waals surface area contributed by atoms with E-state index in [1.165, 1.54) is 0 Å². The van der Waals surface area contributed by atoms with Crippen molar-refractivity contribution < 1.29 is 9.53 Å². The molecule has 1 saturated carbocycles. The minimum absolute atomic E-state index is 0.0741. The third-order valence-corrected chi connectivity index (χ3v) is 4.60. The number of rotatable bonds is 4. The van der Waals surface area contributed by atoms with Crippen LogP contribution < -0.4 is 15.8 Å². The molecule has 1 fully saturated rings. The summed E-state index contributed by atoms with van der Waals surface area (Å²) in [6, 6.07) is 15.1. The summed E-state index contributed by atoms with van der Waals surface area (Å²) in [6.07, 6.45) is 4.13. The van der Waals surface area contributed by atoms with Crippen LogP contribution in [0.25, 0.3) is 0 Å². The lowest BCUT2D eigenvalue weighted by molar-refractivity contribution is 0.0898. The first kappa shape index (κ1) is 15.4. The van der Waals surface area contributed by atoms with Crippen LogP contribution >= 0.6 is 0 Å². The van der Waals surface area contributed by atoms with Gasteiger partial charge in [-0.05, 0) is 48.7 Å². The van der Waals surface area contributed by atoms with Crippen molar-refractivity contribution in [2.75, 3.05) is 12.8 Å². The molecule has 1 aliphatic rings. The van der Waals surface area contributed by atoms with Gasteiger partial charge in [0.15, 0.2) is 0 Å². The summed E-state index contributed by atoms with van der Waals surface area (Å²) in [6.45, 7) is 0. The van der Waals surface area contributed by atoms with Crippen LogP contribution in [0.15, 0.2) is 48.5 Å². The Kier molecular flexibility index (Phi) is 4.24. The van der Waals surface area contributed by atoms with E-state index in [9.17, 15) is 4.79 Å². The Hall–Kier alpha value is -2.49. The Balaban J connectivity index is 1.87. The predicted octanol–water partition coefficient (Wildman–Crippen LogP) is 3.48. The van der Waals surface area contributed by atoms with Crippen LogP contribution in [-0.4, -0.2) is 13.0 Å². The second-order valence-corrected chi connectivity index (χ2v) is 6.10. The number of hydrogen-bond donors (Lipinski definition) is 2. The van der Waals surface area contributed by atoms with Crippen LogP contribution in [0.1, 0.15) is 41.6 Å². The molecule has 0 unspecified atom stereocenters. The van der Waals surface area contributed by atoms with Crippen LogP contribution in [0, 0.1) is 0 Å². The fraction of sp³-hybridized carbons (Fsp3) is 0.316. The summed E-state index contributed by atoms with van der Waals surface area (Å²) in [5.74, 6) is 0.749. The highest BCUT2D eigenvalue weighted by Crippen LogP contribution is 2.39. The maximum atomic E-state index is 12.7. The van der Waals surface area contributed by atoms with Gasteiger partial charge in [-0.2, -0.15) is 0 Å². The van der Waals surface area contributed by atoms with Gasteiger partial charge < -0.3 is 15.8 Å². The van der Waals surface area contributed by atoms with Gasteiger partial charge in [0.25, 0.3) is 5.91 Å². The molecule has 2 aromatic rings. The molecule has 0 aromatic heterocycles. The molecule has 3 N–H and O–H groups in total. The maximum Gasteiger partial charge on any atom is 0.252 e. The number of methoxy groups -OCH3 is 1. The van der Waals surface area contributed by atoms with E-state index in [4.69, 9.17) is 10.5 Å².